The summed E-state index contributed by atoms with van der Waals surface area (Å²) in [6.45, 7) is 5.29. The van der Waals surface area contributed by atoms with E-state index >= 15 is 0 Å². The summed E-state index contributed by atoms with van der Waals surface area (Å²) in [5.74, 6) is -0.101. The first-order valence-corrected chi connectivity index (χ1v) is 4.31. The van der Waals surface area contributed by atoms with Crippen LogP contribution >= 0.6 is 0 Å². The highest BCUT2D eigenvalue weighted by Gasteiger charge is 2.10. The molecule has 1 rings (SSSR count). The zero-order valence-electron chi connectivity index (χ0n) is 8.45. The first kappa shape index (κ1) is 10.3. The Bertz CT molecular complexity index is 371. The molecule has 14 heavy (non-hydrogen) atoms. The smallest absolute Gasteiger partial charge is 0.253 e. The van der Waals surface area contributed by atoms with Gasteiger partial charge in [0, 0.05) is 24.0 Å². The van der Waals surface area contributed by atoms with E-state index in [1.807, 2.05) is 12.1 Å². The van der Waals surface area contributed by atoms with Crippen LogP contribution in [0.25, 0.3) is 0 Å². The highest BCUT2D eigenvalue weighted by atomic mass is 16.2. The van der Waals surface area contributed by atoms with E-state index in [0.29, 0.717) is 11.3 Å². The van der Waals surface area contributed by atoms with E-state index in [0.717, 1.165) is 5.69 Å². The molecule has 0 fully saturated rings. The standard InChI is InChI=1S/C11H14N2O/c1-8(2)11(14)13(3)10-6-4-5-9(12)7-10/h4-7H,1,12H2,2-3H3. The van der Waals surface area contributed by atoms with Crippen LogP contribution in [0.5, 0.6) is 0 Å². The molecule has 0 aliphatic carbocycles. The zero-order chi connectivity index (χ0) is 10.7. The molecule has 0 aromatic heterocycles. The van der Waals surface area contributed by atoms with Gasteiger partial charge in [-0.1, -0.05) is 12.6 Å². The normalized spacial score (nSPS) is 9.57. The maximum absolute atomic E-state index is 11.5. The lowest BCUT2D eigenvalue weighted by atomic mass is 10.2. The summed E-state index contributed by atoms with van der Waals surface area (Å²) in [5, 5.41) is 0. The largest absolute Gasteiger partial charge is 0.399 e. The number of anilines is 2. The number of nitrogen functional groups attached to an aromatic ring is 1. The van der Waals surface area contributed by atoms with Crippen LogP contribution in [0.15, 0.2) is 36.4 Å². The van der Waals surface area contributed by atoms with Gasteiger partial charge in [-0.2, -0.15) is 0 Å². The summed E-state index contributed by atoms with van der Waals surface area (Å²) in [5.41, 5.74) is 7.54. The Morgan fingerprint density at radius 1 is 1.50 bits per heavy atom. The van der Waals surface area contributed by atoms with Crippen LogP contribution in [0.1, 0.15) is 6.92 Å². The first-order valence-electron chi connectivity index (χ1n) is 4.31. The number of nitrogens with zero attached hydrogens (tertiary/aromatic N) is 1. The van der Waals surface area contributed by atoms with Gasteiger partial charge in [-0.25, -0.2) is 0 Å². The average Bonchev–Trinajstić information content (AvgIpc) is 2.15. The lowest BCUT2D eigenvalue weighted by molar-refractivity contribution is -0.114. The monoisotopic (exact) mass is 190 g/mol. The summed E-state index contributed by atoms with van der Waals surface area (Å²) in [6, 6.07) is 7.17. The maximum Gasteiger partial charge on any atom is 0.253 e. The van der Waals surface area contributed by atoms with E-state index in [1.165, 1.54) is 4.90 Å². The van der Waals surface area contributed by atoms with Crippen LogP contribution in [-0.4, -0.2) is 13.0 Å². The fourth-order valence-corrected chi connectivity index (χ4v) is 1.14. The second-order valence-electron chi connectivity index (χ2n) is 3.24. The molecule has 0 aliphatic heterocycles. The number of nitrogens with two attached hydrogens (primary N) is 1. The second-order valence-corrected chi connectivity index (χ2v) is 3.24. The summed E-state index contributed by atoms with van der Waals surface area (Å²) in [4.78, 5) is 13.1. The molecule has 0 atom stereocenters. The molecule has 1 aromatic rings. The Labute approximate surface area is 83.8 Å². The molecular formula is C11H14N2O. The summed E-state index contributed by atoms with van der Waals surface area (Å²) < 4.78 is 0. The van der Waals surface area contributed by atoms with Crippen LogP contribution in [0, 0.1) is 0 Å². The number of rotatable bonds is 2. The quantitative estimate of drug-likeness (QED) is 0.571. The minimum absolute atomic E-state index is 0.101. The Balaban J connectivity index is 2.95. The highest BCUT2D eigenvalue weighted by Crippen LogP contribution is 2.17. The average molecular weight is 190 g/mol. The predicted octanol–water partition coefficient (Wildman–Crippen LogP) is 1.81. The summed E-state index contributed by atoms with van der Waals surface area (Å²) >= 11 is 0. The lowest BCUT2D eigenvalue weighted by Crippen LogP contribution is -2.26. The third kappa shape index (κ3) is 2.13. The van der Waals surface area contributed by atoms with E-state index in [9.17, 15) is 4.79 Å². The number of benzene rings is 1. The van der Waals surface area contributed by atoms with Gasteiger partial charge in [0.1, 0.15) is 0 Å². The van der Waals surface area contributed by atoms with Gasteiger partial charge in [0.25, 0.3) is 5.91 Å². The van der Waals surface area contributed by atoms with Crippen molar-refractivity contribution in [1.82, 2.24) is 0 Å². The number of amides is 1. The number of hydrogen-bond donors (Lipinski definition) is 1. The molecule has 0 spiro atoms. The summed E-state index contributed by atoms with van der Waals surface area (Å²) in [7, 11) is 1.70. The van der Waals surface area contributed by atoms with Gasteiger partial charge in [-0.05, 0) is 25.1 Å². The van der Waals surface area contributed by atoms with Crippen molar-refractivity contribution in [2.24, 2.45) is 0 Å². The van der Waals surface area contributed by atoms with Gasteiger partial charge < -0.3 is 10.6 Å². The molecule has 3 heteroatoms. The van der Waals surface area contributed by atoms with Gasteiger partial charge in [-0.15, -0.1) is 0 Å². The van der Waals surface area contributed by atoms with Crippen LogP contribution in [0.4, 0.5) is 11.4 Å². The van der Waals surface area contributed by atoms with Crippen molar-refractivity contribution >= 4 is 17.3 Å². The molecule has 1 amide bonds. The van der Waals surface area contributed by atoms with E-state index in [-0.39, 0.29) is 5.91 Å². The topological polar surface area (TPSA) is 46.3 Å². The van der Waals surface area contributed by atoms with Gasteiger partial charge in [0.05, 0.1) is 0 Å². The lowest BCUT2D eigenvalue weighted by Gasteiger charge is -2.17. The summed E-state index contributed by atoms with van der Waals surface area (Å²) in [6.07, 6.45) is 0. The van der Waals surface area contributed by atoms with Gasteiger partial charge in [-0.3, -0.25) is 4.79 Å². The van der Waals surface area contributed by atoms with Crippen molar-refractivity contribution in [3.8, 4) is 0 Å². The van der Waals surface area contributed by atoms with E-state index in [4.69, 9.17) is 5.73 Å². The molecular weight excluding hydrogens is 176 g/mol. The maximum atomic E-state index is 11.5. The van der Waals surface area contributed by atoms with Crippen molar-refractivity contribution in [3.63, 3.8) is 0 Å². The van der Waals surface area contributed by atoms with Gasteiger partial charge >= 0.3 is 0 Å². The molecule has 0 bridgehead atoms. The van der Waals surface area contributed by atoms with Crippen LogP contribution in [0.2, 0.25) is 0 Å². The van der Waals surface area contributed by atoms with Gasteiger partial charge in [0.2, 0.25) is 0 Å². The molecule has 2 N–H and O–H groups in total. The highest BCUT2D eigenvalue weighted by molar-refractivity contribution is 6.04. The molecule has 0 unspecified atom stereocenters. The Morgan fingerprint density at radius 3 is 2.64 bits per heavy atom. The molecule has 0 aliphatic rings. The Morgan fingerprint density at radius 2 is 2.14 bits per heavy atom. The van der Waals surface area contributed by atoms with Crippen molar-refractivity contribution < 1.29 is 4.79 Å². The SMILES string of the molecule is C=C(C)C(=O)N(C)c1cccc(N)c1. The van der Waals surface area contributed by atoms with E-state index < -0.39 is 0 Å². The van der Waals surface area contributed by atoms with Crippen LogP contribution in [0.3, 0.4) is 0 Å². The first-order chi connectivity index (χ1) is 6.52. The molecule has 1 aromatic carbocycles. The molecule has 0 saturated heterocycles. The van der Waals surface area contributed by atoms with Gasteiger partial charge in [0.15, 0.2) is 0 Å². The molecule has 0 saturated carbocycles. The Hall–Kier alpha value is -1.77. The van der Waals surface area contributed by atoms with E-state index in [1.54, 1.807) is 26.1 Å². The van der Waals surface area contributed by atoms with Crippen molar-refractivity contribution in [2.45, 2.75) is 6.92 Å². The second kappa shape index (κ2) is 3.96. The number of likely N-dealkylation sites (N-methyl/N-ethyl adjacent to an activating group) is 1. The fraction of sp³-hybridized carbons (Fsp3) is 0.182. The predicted molar refractivity (Wildman–Crippen MR) is 59.1 cm³/mol. The Kier molecular flexibility index (Phi) is 2.92. The number of hydrogen-bond acceptors (Lipinski definition) is 2. The third-order valence-corrected chi connectivity index (χ3v) is 1.93. The molecule has 0 radical (unpaired) electrons. The van der Waals surface area contributed by atoms with Crippen LogP contribution < -0.4 is 10.6 Å². The number of carbonyl (C=O) groups excluding carboxylic acids is 1. The third-order valence-electron chi connectivity index (χ3n) is 1.93. The molecule has 74 valence electrons. The molecule has 0 heterocycles. The van der Waals surface area contributed by atoms with Crippen molar-refractivity contribution in [1.29, 1.82) is 0 Å². The van der Waals surface area contributed by atoms with Crippen molar-refractivity contribution in [3.05, 3.63) is 36.4 Å². The molecule has 3 nitrogen and oxygen atoms in total. The fourth-order valence-electron chi connectivity index (χ4n) is 1.14. The van der Waals surface area contributed by atoms with Crippen LogP contribution in [-0.2, 0) is 4.79 Å². The van der Waals surface area contributed by atoms with E-state index in [2.05, 4.69) is 6.58 Å². The van der Waals surface area contributed by atoms with Crippen molar-refractivity contribution in [2.75, 3.05) is 17.7 Å². The minimum Gasteiger partial charge on any atom is -0.399 e. The minimum atomic E-state index is -0.101. The number of carbonyl (C=O) groups is 1. The zero-order valence-corrected chi connectivity index (χ0v) is 8.45.